The molecule has 2 fully saturated rings. The van der Waals surface area contributed by atoms with E-state index in [1.807, 2.05) is 0 Å². The summed E-state index contributed by atoms with van der Waals surface area (Å²) in [7, 11) is 0. The van der Waals surface area contributed by atoms with Crippen LogP contribution in [0.4, 0.5) is 10.5 Å². The average Bonchev–Trinajstić information content (AvgIpc) is 2.87. The number of nitrogens with one attached hydrogen (secondary N) is 2. The molecule has 1 saturated carbocycles. The smallest absolute Gasteiger partial charge is 0.323 e. The lowest BCUT2D eigenvalue weighted by atomic mass is 9.75. The van der Waals surface area contributed by atoms with Crippen LogP contribution < -0.4 is 10.6 Å². The highest BCUT2D eigenvalue weighted by molar-refractivity contribution is 6.40. The van der Waals surface area contributed by atoms with Crippen LogP contribution in [0, 0.1) is 12.8 Å². The third-order valence-electron chi connectivity index (χ3n) is 5.63. The Kier molecular flexibility index (Phi) is 5.68. The van der Waals surface area contributed by atoms with Crippen molar-refractivity contribution in [2.24, 2.45) is 5.92 Å². The first kappa shape index (κ1) is 20.0. The fraction of sp³-hybridized carbons (Fsp3) is 0.526. The van der Waals surface area contributed by atoms with Crippen LogP contribution in [0.2, 0.25) is 10.0 Å². The number of carbonyl (C=O) groups excluding carboxylic acids is 3. The van der Waals surface area contributed by atoms with E-state index in [1.54, 1.807) is 19.1 Å². The lowest BCUT2D eigenvalue weighted by Crippen LogP contribution is -2.49. The van der Waals surface area contributed by atoms with E-state index in [-0.39, 0.29) is 18.1 Å². The SMILES string of the molecule is CCC1CCC2(CC1)NC(=O)N(CC(=O)Nc1c(Cl)ccc(C)c1Cl)C2=O. The minimum Gasteiger partial charge on any atom is -0.323 e. The molecule has 1 aliphatic heterocycles. The molecule has 1 aromatic carbocycles. The summed E-state index contributed by atoms with van der Waals surface area (Å²) in [5.74, 6) is -0.255. The summed E-state index contributed by atoms with van der Waals surface area (Å²) in [5, 5.41) is 6.07. The summed E-state index contributed by atoms with van der Waals surface area (Å²) in [4.78, 5) is 38.6. The zero-order valence-electron chi connectivity index (χ0n) is 15.4. The van der Waals surface area contributed by atoms with Gasteiger partial charge in [0.05, 0.1) is 15.7 Å². The Bertz CT molecular complexity index is 789. The van der Waals surface area contributed by atoms with E-state index in [4.69, 9.17) is 23.2 Å². The topological polar surface area (TPSA) is 78.5 Å². The van der Waals surface area contributed by atoms with Crippen molar-refractivity contribution in [1.29, 1.82) is 0 Å². The predicted molar refractivity (Wildman–Crippen MR) is 105 cm³/mol. The molecule has 0 bridgehead atoms. The van der Waals surface area contributed by atoms with Crippen molar-refractivity contribution in [2.75, 3.05) is 11.9 Å². The molecule has 1 heterocycles. The van der Waals surface area contributed by atoms with Crippen molar-refractivity contribution in [3.8, 4) is 0 Å². The molecule has 4 amide bonds. The standard InChI is InChI=1S/C19H23Cl2N3O3/c1-3-12-6-8-19(9-7-12)17(26)24(18(27)23-19)10-14(25)22-16-13(20)5-4-11(2)15(16)21/h4-5,12H,3,6-10H2,1-2H3,(H,22,25)(H,23,27). The maximum Gasteiger partial charge on any atom is 0.325 e. The normalized spacial score (nSPS) is 25.0. The van der Waals surface area contributed by atoms with E-state index in [0.717, 1.165) is 29.7 Å². The first-order valence-corrected chi connectivity index (χ1v) is 9.91. The monoisotopic (exact) mass is 411 g/mol. The molecule has 1 aromatic rings. The lowest BCUT2D eigenvalue weighted by molar-refractivity contribution is -0.135. The second-order valence-corrected chi connectivity index (χ2v) is 8.14. The number of hydrogen-bond donors (Lipinski definition) is 2. The molecule has 0 radical (unpaired) electrons. The van der Waals surface area contributed by atoms with Gasteiger partial charge in [-0.1, -0.05) is 42.6 Å². The van der Waals surface area contributed by atoms with Crippen LogP contribution in [0.5, 0.6) is 0 Å². The van der Waals surface area contributed by atoms with Crippen LogP contribution >= 0.6 is 23.2 Å². The van der Waals surface area contributed by atoms with Crippen molar-refractivity contribution in [2.45, 2.75) is 51.5 Å². The number of urea groups is 1. The molecule has 6 nitrogen and oxygen atoms in total. The summed E-state index contributed by atoms with van der Waals surface area (Å²) < 4.78 is 0. The molecule has 2 aliphatic rings. The Labute approximate surface area is 168 Å². The molecule has 3 rings (SSSR count). The van der Waals surface area contributed by atoms with Crippen molar-refractivity contribution in [3.63, 3.8) is 0 Å². The van der Waals surface area contributed by atoms with Gasteiger partial charge in [0.2, 0.25) is 5.91 Å². The van der Waals surface area contributed by atoms with Gasteiger partial charge in [-0.3, -0.25) is 14.5 Å². The van der Waals surface area contributed by atoms with Gasteiger partial charge in [-0.2, -0.15) is 0 Å². The number of amides is 4. The summed E-state index contributed by atoms with van der Waals surface area (Å²) in [5.41, 5.74) is 0.188. The van der Waals surface area contributed by atoms with E-state index in [0.29, 0.717) is 28.8 Å². The molecule has 2 N–H and O–H groups in total. The molecule has 8 heteroatoms. The molecular weight excluding hydrogens is 389 g/mol. The van der Waals surface area contributed by atoms with E-state index in [9.17, 15) is 14.4 Å². The second-order valence-electron chi connectivity index (χ2n) is 7.36. The molecule has 0 atom stereocenters. The highest BCUT2D eigenvalue weighted by Crippen LogP contribution is 2.38. The maximum absolute atomic E-state index is 12.9. The number of halogens is 2. The van der Waals surface area contributed by atoms with E-state index in [2.05, 4.69) is 17.6 Å². The van der Waals surface area contributed by atoms with Gasteiger partial charge in [-0.05, 0) is 50.2 Å². The van der Waals surface area contributed by atoms with Gasteiger partial charge in [0.1, 0.15) is 12.1 Å². The highest BCUT2D eigenvalue weighted by atomic mass is 35.5. The maximum atomic E-state index is 12.9. The van der Waals surface area contributed by atoms with Crippen LogP contribution in [0.25, 0.3) is 0 Å². The number of benzene rings is 1. The Morgan fingerprint density at radius 1 is 1.30 bits per heavy atom. The Morgan fingerprint density at radius 2 is 1.96 bits per heavy atom. The number of aryl methyl sites for hydroxylation is 1. The molecule has 27 heavy (non-hydrogen) atoms. The van der Waals surface area contributed by atoms with Crippen molar-refractivity contribution >= 4 is 46.7 Å². The van der Waals surface area contributed by atoms with Crippen LogP contribution in [0.1, 0.15) is 44.6 Å². The van der Waals surface area contributed by atoms with Crippen molar-refractivity contribution in [1.82, 2.24) is 10.2 Å². The number of anilines is 1. The van der Waals surface area contributed by atoms with Crippen LogP contribution in [-0.2, 0) is 9.59 Å². The molecule has 1 saturated heterocycles. The molecular formula is C19H23Cl2N3O3. The fourth-order valence-electron chi connectivity index (χ4n) is 3.83. The Hall–Kier alpha value is -1.79. The zero-order chi connectivity index (χ0) is 19.8. The minimum absolute atomic E-state index is 0.286. The molecule has 0 unspecified atom stereocenters. The van der Waals surface area contributed by atoms with Gasteiger partial charge in [0.15, 0.2) is 0 Å². The second kappa shape index (κ2) is 7.68. The van der Waals surface area contributed by atoms with Crippen LogP contribution in [0.15, 0.2) is 12.1 Å². The first-order valence-electron chi connectivity index (χ1n) is 9.16. The van der Waals surface area contributed by atoms with Crippen LogP contribution in [0.3, 0.4) is 0 Å². The van der Waals surface area contributed by atoms with Crippen molar-refractivity contribution < 1.29 is 14.4 Å². The first-order chi connectivity index (χ1) is 12.8. The number of rotatable bonds is 4. The minimum atomic E-state index is -0.859. The van der Waals surface area contributed by atoms with Gasteiger partial charge in [-0.25, -0.2) is 4.79 Å². The largest absolute Gasteiger partial charge is 0.325 e. The molecule has 1 aliphatic carbocycles. The van der Waals surface area contributed by atoms with Gasteiger partial charge < -0.3 is 10.6 Å². The van der Waals surface area contributed by atoms with E-state index in [1.165, 1.54) is 0 Å². The number of nitrogens with zero attached hydrogens (tertiary/aromatic N) is 1. The van der Waals surface area contributed by atoms with Gasteiger partial charge in [0.25, 0.3) is 5.91 Å². The Balaban J connectivity index is 1.69. The quantitative estimate of drug-likeness (QED) is 0.730. The Morgan fingerprint density at radius 3 is 2.59 bits per heavy atom. The third kappa shape index (κ3) is 3.78. The average molecular weight is 412 g/mol. The van der Waals surface area contributed by atoms with Crippen molar-refractivity contribution in [3.05, 3.63) is 27.7 Å². The lowest BCUT2D eigenvalue weighted by Gasteiger charge is -2.34. The molecule has 1 spiro atoms. The van der Waals surface area contributed by atoms with Crippen LogP contribution in [-0.4, -0.2) is 34.8 Å². The molecule has 146 valence electrons. The third-order valence-corrected chi connectivity index (χ3v) is 6.43. The summed E-state index contributed by atoms with van der Waals surface area (Å²) in [6.07, 6.45) is 4.10. The number of hydrogen-bond acceptors (Lipinski definition) is 3. The van der Waals surface area contributed by atoms with Gasteiger partial charge in [0, 0.05) is 0 Å². The van der Waals surface area contributed by atoms with E-state index < -0.39 is 17.5 Å². The van der Waals surface area contributed by atoms with Gasteiger partial charge >= 0.3 is 6.03 Å². The fourth-order valence-corrected chi connectivity index (χ4v) is 4.30. The van der Waals surface area contributed by atoms with E-state index >= 15 is 0 Å². The number of carbonyl (C=O) groups is 3. The predicted octanol–water partition coefficient (Wildman–Crippen LogP) is 4.13. The number of imide groups is 1. The molecule has 0 aromatic heterocycles. The van der Waals surface area contributed by atoms with Gasteiger partial charge in [-0.15, -0.1) is 0 Å². The zero-order valence-corrected chi connectivity index (χ0v) is 16.9. The summed E-state index contributed by atoms with van der Waals surface area (Å²) >= 11 is 12.3. The summed E-state index contributed by atoms with van der Waals surface area (Å²) in [6.45, 7) is 3.56. The highest BCUT2D eigenvalue weighted by Gasteiger charge is 2.52. The summed E-state index contributed by atoms with van der Waals surface area (Å²) in [6, 6.07) is 2.85.